The largest absolute Gasteiger partial charge is 0.334 e. The minimum atomic E-state index is -0.487. The molecule has 1 unspecified atom stereocenters. The van der Waals surface area contributed by atoms with E-state index >= 15 is 0 Å². The number of rotatable bonds is 6. The molecule has 2 aromatic rings. The molecule has 1 N–H and O–H groups in total. The minimum Gasteiger partial charge on any atom is -0.334 e. The fraction of sp³-hybridized carbons (Fsp3) is 0.429. The number of aromatic nitrogens is 1. The Balaban J connectivity index is 0.00000280. The van der Waals surface area contributed by atoms with Crippen LogP contribution in [0.25, 0.3) is 0 Å². The number of hydrogen-bond acceptors (Lipinski definition) is 3. The summed E-state index contributed by atoms with van der Waals surface area (Å²) in [5.74, 6) is -1.01. The quantitative estimate of drug-likeness (QED) is 0.787. The molecule has 0 radical (unpaired) electrons. The molecule has 0 aliphatic carbocycles. The van der Waals surface area contributed by atoms with Gasteiger partial charge in [0.15, 0.2) is 0 Å². The molecule has 1 aliphatic rings. The molecule has 1 atom stereocenters. The van der Waals surface area contributed by atoms with E-state index in [0.29, 0.717) is 6.54 Å². The van der Waals surface area contributed by atoms with Crippen LogP contribution >= 0.6 is 12.4 Å². The molecule has 2 heterocycles. The number of carbonyl (C=O) groups excluding carboxylic acids is 1. The zero-order chi connectivity index (χ0) is 19.1. The second-order valence-corrected chi connectivity index (χ2v) is 6.91. The zero-order valence-electron chi connectivity index (χ0n) is 15.7. The number of nitrogens with zero attached hydrogens (tertiary/aromatic N) is 2. The second-order valence-electron chi connectivity index (χ2n) is 6.91. The molecule has 0 bridgehead atoms. The summed E-state index contributed by atoms with van der Waals surface area (Å²) < 4.78 is 27.2. The van der Waals surface area contributed by atoms with Gasteiger partial charge in [-0.3, -0.25) is 9.78 Å². The number of benzene rings is 1. The van der Waals surface area contributed by atoms with Crippen molar-refractivity contribution in [2.45, 2.75) is 44.7 Å². The summed E-state index contributed by atoms with van der Waals surface area (Å²) >= 11 is 0. The van der Waals surface area contributed by atoms with Gasteiger partial charge in [-0.25, -0.2) is 8.78 Å². The van der Waals surface area contributed by atoms with Crippen LogP contribution < -0.4 is 5.32 Å². The fourth-order valence-electron chi connectivity index (χ4n) is 3.52. The third kappa shape index (κ3) is 6.24. The van der Waals surface area contributed by atoms with Crippen LogP contribution in [0.15, 0.2) is 42.6 Å². The van der Waals surface area contributed by atoms with Crippen molar-refractivity contribution in [1.29, 1.82) is 0 Å². The van der Waals surface area contributed by atoms with E-state index in [1.54, 1.807) is 6.20 Å². The molecule has 1 aromatic heterocycles. The van der Waals surface area contributed by atoms with Crippen LogP contribution in [-0.2, 0) is 17.8 Å². The summed E-state index contributed by atoms with van der Waals surface area (Å²) in [6.07, 6.45) is 4.87. The third-order valence-corrected chi connectivity index (χ3v) is 4.98. The number of amides is 1. The molecule has 1 saturated heterocycles. The first-order valence-corrected chi connectivity index (χ1v) is 9.47. The SMILES string of the molecule is Cl.O=C(CCc1cc(F)ccc1F)N(Cc1ccccn1)C1CCCNCC1. The Bertz CT molecular complexity index is 753. The summed E-state index contributed by atoms with van der Waals surface area (Å²) in [7, 11) is 0. The Morgan fingerprint density at radius 3 is 2.82 bits per heavy atom. The highest BCUT2D eigenvalue weighted by Gasteiger charge is 2.25. The van der Waals surface area contributed by atoms with Crippen LogP contribution in [0.1, 0.15) is 36.9 Å². The first-order valence-electron chi connectivity index (χ1n) is 9.47. The number of halogens is 3. The maximum absolute atomic E-state index is 13.9. The molecule has 7 heteroatoms. The molecular weight excluding hydrogens is 384 g/mol. The van der Waals surface area contributed by atoms with Gasteiger partial charge in [-0.05, 0) is 74.7 Å². The lowest BCUT2D eigenvalue weighted by Gasteiger charge is -2.31. The van der Waals surface area contributed by atoms with Crippen molar-refractivity contribution in [3.05, 3.63) is 65.5 Å². The van der Waals surface area contributed by atoms with Crippen LogP contribution in [0.2, 0.25) is 0 Å². The maximum atomic E-state index is 13.9. The van der Waals surface area contributed by atoms with Gasteiger partial charge in [-0.15, -0.1) is 12.4 Å². The van der Waals surface area contributed by atoms with Crippen LogP contribution in [0, 0.1) is 11.6 Å². The van der Waals surface area contributed by atoms with E-state index in [9.17, 15) is 13.6 Å². The Hall–Kier alpha value is -2.05. The van der Waals surface area contributed by atoms with Crippen molar-refractivity contribution in [3.8, 4) is 0 Å². The van der Waals surface area contributed by atoms with Crippen molar-refractivity contribution < 1.29 is 13.6 Å². The molecule has 28 heavy (non-hydrogen) atoms. The summed E-state index contributed by atoms with van der Waals surface area (Å²) in [4.78, 5) is 19.2. The monoisotopic (exact) mass is 409 g/mol. The number of aryl methyl sites for hydroxylation is 1. The van der Waals surface area contributed by atoms with Gasteiger partial charge in [-0.1, -0.05) is 6.07 Å². The van der Waals surface area contributed by atoms with Crippen molar-refractivity contribution in [2.75, 3.05) is 13.1 Å². The molecule has 1 fully saturated rings. The lowest BCUT2D eigenvalue weighted by molar-refractivity contribution is -0.134. The second kappa shape index (κ2) is 11.1. The highest BCUT2D eigenvalue weighted by Crippen LogP contribution is 2.19. The molecular formula is C21H26ClF2N3O. The summed E-state index contributed by atoms with van der Waals surface area (Å²) in [5.41, 5.74) is 1.07. The van der Waals surface area contributed by atoms with Crippen LogP contribution in [0.3, 0.4) is 0 Å². The standard InChI is InChI=1S/C21H25F2N3O.ClH/c22-17-7-8-20(23)16(14-17)6-9-21(27)26(15-18-4-1-2-12-25-18)19-5-3-11-24-13-10-19;/h1-2,4,7-8,12,14,19,24H,3,5-6,9-11,13,15H2;1H. The average molecular weight is 410 g/mol. The van der Waals surface area contributed by atoms with E-state index in [1.165, 1.54) is 6.07 Å². The van der Waals surface area contributed by atoms with Gasteiger partial charge in [0, 0.05) is 18.7 Å². The highest BCUT2D eigenvalue weighted by molar-refractivity contribution is 5.85. The maximum Gasteiger partial charge on any atom is 0.223 e. The van der Waals surface area contributed by atoms with E-state index in [4.69, 9.17) is 0 Å². The van der Waals surface area contributed by atoms with Gasteiger partial charge in [0.25, 0.3) is 0 Å². The Morgan fingerprint density at radius 1 is 1.18 bits per heavy atom. The Kier molecular flexibility index (Phi) is 8.80. The van der Waals surface area contributed by atoms with Crippen LogP contribution in [-0.4, -0.2) is 34.9 Å². The van der Waals surface area contributed by atoms with Crippen molar-refractivity contribution in [2.24, 2.45) is 0 Å². The number of hydrogen-bond donors (Lipinski definition) is 1. The summed E-state index contributed by atoms with van der Waals surface area (Å²) in [6.45, 7) is 2.27. The minimum absolute atomic E-state index is 0. The predicted molar refractivity (Wildman–Crippen MR) is 107 cm³/mol. The van der Waals surface area contributed by atoms with E-state index in [-0.39, 0.29) is 42.8 Å². The molecule has 0 spiro atoms. The molecule has 1 amide bonds. The first-order chi connectivity index (χ1) is 13.1. The molecule has 4 nitrogen and oxygen atoms in total. The van der Waals surface area contributed by atoms with Crippen LogP contribution in [0.4, 0.5) is 8.78 Å². The first kappa shape index (κ1) is 22.2. The third-order valence-electron chi connectivity index (χ3n) is 4.98. The fourth-order valence-corrected chi connectivity index (χ4v) is 3.52. The van der Waals surface area contributed by atoms with Crippen molar-refractivity contribution >= 4 is 18.3 Å². The van der Waals surface area contributed by atoms with Crippen LogP contribution in [0.5, 0.6) is 0 Å². The lowest BCUT2D eigenvalue weighted by atomic mass is 10.0. The lowest BCUT2D eigenvalue weighted by Crippen LogP contribution is -2.40. The normalized spacial score (nSPS) is 16.7. The van der Waals surface area contributed by atoms with E-state index in [2.05, 4.69) is 10.3 Å². The number of carbonyl (C=O) groups is 1. The van der Waals surface area contributed by atoms with Gasteiger partial charge < -0.3 is 10.2 Å². The summed E-state index contributed by atoms with van der Waals surface area (Å²) in [6, 6.07) is 9.15. The van der Waals surface area contributed by atoms with Gasteiger partial charge in [0.2, 0.25) is 5.91 Å². The van der Waals surface area contributed by atoms with Crippen molar-refractivity contribution in [3.63, 3.8) is 0 Å². The number of pyridine rings is 1. The van der Waals surface area contributed by atoms with Gasteiger partial charge in [0.05, 0.1) is 12.2 Å². The van der Waals surface area contributed by atoms with E-state index in [1.807, 2.05) is 23.1 Å². The average Bonchev–Trinajstić information content (AvgIpc) is 2.96. The molecule has 1 aliphatic heterocycles. The molecule has 152 valence electrons. The van der Waals surface area contributed by atoms with Gasteiger partial charge >= 0.3 is 0 Å². The summed E-state index contributed by atoms with van der Waals surface area (Å²) in [5, 5.41) is 3.36. The highest BCUT2D eigenvalue weighted by atomic mass is 35.5. The van der Waals surface area contributed by atoms with E-state index in [0.717, 1.165) is 50.2 Å². The molecule has 3 rings (SSSR count). The number of nitrogens with one attached hydrogen (secondary N) is 1. The molecule has 1 aromatic carbocycles. The predicted octanol–water partition coefficient (Wildman–Crippen LogP) is 3.89. The zero-order valence-corrected chi connectivity index (χ0v) is 16.6. The van der Waals surface area contributed by atoms with Gasteiger partial charge in [-0.2, -0.15) is 0 Å². The van der Waals surface area contributed by atoms with E-state index < -0.39 is 11.6 Å². The Labute approximate surface area is 170 Å². The Morgan fingerprint density at radius 2 is 2.04 bits per heavy atom. The molecule has 0 saturated carbocycles. The smallest absolute Gasteiger partial charge is 0.223 e. The van der Waals surface area contributed by atoms with Crippen molar-refractivity contribution in [1.82, 2.24) is 15.2 Å². The van der Waals surface area contributed by atoms with Gasteiger partial charge in [0.1, 0.15) is 11.6 Å². The topological polar surface area (TPSA) is 45.2 Å².